The number of nitrogens with zero attached hydrogens (tertiary/aromatic N) is 4. The molecule has 1 atom stereocenters. The van der Waals surface area contributed by atoms with Crippen LogP contribution in [-0.4, -0.2) is 52.0 Å². The van der Waals surface area contributed by atoms with E-state index in [1.165, 1.54) is 25.7 Å². The van der Waals surface area contributed by atoms with E-state index in [1.54, 1.807) is 0 Å². The molecule has 122 valence electrons. The Morgan fingerprint density at radius 1 is 1.27 bits per heavy atom. The van der Waals surface area contributed by atoms with E-state index >= 15 is 0 Å². The van der Waals surface area contributed by atoms with Crippen LogP contribution in [0.25, 0.3) is 0 Å². The highest BCUT2D eigenvalue weighted by Crippen LogP contribution is 2.23. The molecule has 0 saturated carbocycles. The van der Waals surface area contributed by atoms with Crippen LogP contribution in [0.4, 0.5) is 0 Å². The van der Waals surface area contributed by atoms with Gasteiger partial charge in [0.15, 0.2) is 5.82 Å². The van der Waals surface area contributed by atoms with Crippen molar-refractivity contribution in [2.24, 2.45) is 5.92 Å². The molecule has 0 aliphatic carbocycles. The molecule has 6 nitrogen and oxygen atoms in total. The summed E-state index contributed by atoms with van der Waals surface area (Å²) < 4.78 is 5.20. The molecule has 3 rings (SSSR count). The van der Waals surface area contributed by atoms with Gasteiger partial charge in [-0.15, -0.1) is 0 Å². The highest BCUT2D eigenvalue weighted by Gasteiger charge is 2.24. The zero-order valence-electron chi connectivity index (χ0n) is 13.5. The zero-order valence-corrected chi connectivity index (χ0v) is 13.5. The van der Waals surface area contributed by atoms with Crippen LogP contribution >= 0.6 is 0 Å². The van der Waals surface area contributed by atoms with Gasteiger partial charge >= 0.3 is 0 Å². The van der Waals surface area contributed by atoms with Gasteiger partial charge in [0.2, 0.25) is 11.8 Å². The molecule has 3 heterocycles. The van der Waals surface area contributed by atoms with Crippen LogP contribution in [0.5, 0.6) is 0 Å². The van der Waals surface area contributed by atoms with E-state index in [4.69, 9.17) is 4.52 Å². The van der Waals surface area contributed by atoms with Gasteiger partial charge in [0.05, 0.1) is 6.54 Å². The zero-order chi connectivity index (χ0) is 15.4. The van der Waals surface area contributed by atoms with Crippen LogP contribution in [0, 0.1) is 12.8 Å². The molecule has 0 N–H and O–H groups in total. The average Bonchev–Trinajstić information content (AvgIpc) is 3.17. The monoisotopic (exact) mass is 306 g/mol. The quantitative estimate of drug-likeness (QED) is 0.832. The molecule has 1 aromatic heterocycles. The number of hydrogen-bond acceptors (Lipinski definition) is 5. The van der Waals surface area contributed by atoms with E-state index in [2.05, 4.69) is 15.0 Å². The first-order valence-corrected chi connectivity index (χ1v) is 8.50. The van der Waals surface area contributed by atoms with Crippen LogP contribution in [-0.2, 0) is 11.3 Å². The molecule has 0 unspecified atom stereocenters. The fourth-order valence-electron chi connectivity index (χ4n) is 3.58. The Balaban J connectivity index is 1.43. The van der Waals surface area contributed by atoms with Crippen molar-refractivity contribution in [3.63, 3.8) is 0 Å². The third-order valence-corrected chi connectivity index (χ3v) is 4.76. The van der Waals surface area contributed by atoms with E-state index in [-0.39, 0.29) is 0 Å². The lowest BCUT2D eigenvalue weighted by Gasteiger charge is -2.31. The topological polar surface area (TPSA) is 62.5 Å². The van der Waals surface area contributed by atoms with Gasteiger partial charge in [-0.2, -0.15) is 4.98 Å². The lowest BCUT2D eigenvalue weighted by molar-refractivity contribution is -0.130. The fraction of sp³-hybridized carbons (Fsp3) is 0.812. The molecule has 2 aliphatic rings. The number of rotatable bonds is 5. The Bertz CT molecular complexity index is 496. The molecule has 2 aliphatic heterocycles. The summed E-state index contributed by atoms with van der Waals surface area (Å²) in [4.78, 5) is 20.8. The maximum absolute atomic E-state index is 12.1. The van der Waals surface area contributed by atoms with E-state index in [0.717, 1.165) is 39.1 Å². The van der Waals surface area contributed by atoms with E-state index < -0.39 is 0 Å². The summed E-state index contributed by atoms with van der Waals surface area (Å²) >= 11 is 0. The smallest absolute Gasteiger partial charge is 0.240 e. The number of hydrogen-bond donors (Lipinski definition) is 0. The molecule has 2 fully saturated rings. The maximum Gasteiger partial charge on any atom is 0.240 e. The maximum atomic E-state index is 12.1. The normalized spacial score (nSPS) is 23.1. The van der Waals surface area contributed by atoms with Crippen LogP contribution in [0.2, 0.25) is 0 Å². The van der Waals surface area contributed by atoms with Crippen LogP contribution in [0.15, 0.2) is 4.52 Å². The molecule has 1 amide bonds. The largest absolute Gasteiger partial charge is 0.343 e. The van der Waals surface area contributed by atoms with Gasteiger partial charge in [0, 0.05) is 26.1 Å². The summed E-state index contributed by atoms with van der Waals surface area (Å²) in [5.74, 6) is 2.36. The third-order valence-electron chi connectivity index (χ3n) is 4.76. The van der Waals surface area contributed by atoms with Gasteiger partial charge in [-0.05, 0) is 51.5 Å². The summed E-state index contributed by atoms with van der Waals surface area (Å²) in [6.07, 6.45) is 6.48. The summed E-state index contributed by atoms with van der Waals surface area (Å²) in [5, 5.41) is 3.84. The first kappa shape index (κ1) is 15.5. The predicted molar refractivity (Wildman–Crippen MR) is 82.1 cm³/mol. The number of amides is 1. The lowest BCUT2D eigenvalue weighted by atomic mass is 9.93. The number of aromatic nitrogens is 2. The van der Waals surface area contributed by atoms with Crippen molar-refractivity contribution in [2.45, 2.75) is 52.0 Å². The van der Waals surface area contributed by atoms with Crippen molar-refractivity contribution in [3.8, 4) is 0 Å². The van der Waals surface area contributed by atoms with Gasteiger partial charge in [0.25, 0.3) is 0 Å². The minimum atomic E-state index is 0.349. The van der Waals surface area contributed by atoms with Crippen molar-refractivity contribution in [1.82, 2.24) is 19.9 Å². The van der Waals surface area contributed by atoms with Crippen molar-refractivity contribution in [2.75, 3.05) is 26.2 Å². The van der Waals surface area contributed by atoms with Crippen LogP contribution in [0.1, 0.15) is 50.2 Å². The van der Waals surface area contributed by atoms with Gasteiger partial charge in [-0.1, -0.05) is 5.16 Å². The van der Waals surface area contributed by atoms with Crippen molar-refractivity contribution in [1.29, 1.82) is 0 Å². The van der Waals surface area contributed by atoms with Crippen molar-refractivity contribution >= 4 is 5.91 Å². The number of aryl methyl sites for hydroxylation is 1. The summed E-state index contributed by atoms with van der Waals surface area (Å²) in [6, 6.07) is 0. The van der Waals surface area contributed by atoms with Gasteiger partial charge in [-0.3, -0.25) is 9.69 Å². The van der Waals surface area contributed by atoms with Gasteiger partial charge < -0.3 is 9.42 Å². The Morgan fingerprint density at radius 2 is 2.09 bits per heavy atom. The Hall–Kier alpha value is -1.43. The number of carbonyl (C=O) groups excluding carboxylic acids is 1. The van der Waals surface area contributed by atoms with E-state index in [1.807, 2.05) is 11.8 Å². The molecule has 2 saturated heterocycles. The highest BCUT2D eigenvalue weighted by atomic mass is 16.5. The minimum Gasteiger partial charge on any atom is -0.343 e. The van der Waals surface area contributed by atoms with E-state index in [0.29, 0.717) is 30.0 Å². The van der Waals surface area contributed by atoms with Crippen LogP contribution < -0.4 is 0 Å². The van der Waals surface area contributed by atoms with E-state index in [9.17, 15) is 4.79 Å². The SMILES string of the molecule is Cc1noc(CN2CCC[C@@H](CCC(=O)N3CCCC3)C2)n1. The molecule has 0 radical (unpaired) electrons. The molecular formula is C16H26N4O2. The molecule has 0 aromatic carbocycles. The fourth-order valence-corrected chi connectivity index (χ4v) is 3.58. The third kappa shape index (κ3) is 4.06. The molecule has 0 spiro atoms. The summed E-state index contributed by atoms with van der Waals surface area (Å²) in [6.45, 7) is 6.62. The first-order valence-electron chi connectivity index (χ1n) is 8.50. The number of carbonyl (C=O) groups is 1. The molecule has 6 heteroatoms. The second kappa shape index (κ2) is 7.22. The standard InChI is InChI=1S/C16H26N4O2/c1-13-17-15(22-18-13)12-19-8-4-5-14(11-19)6-7-16(21)20-9-2-3-10-20/h14H,2-12H2,1H3/t14-/m0/s1. The highest BCUT2D eigenvalue weighted by molar-refractivity contribution is 5.76. The molecule has 22 heavy (non-hydrogen) atoms. The van der Waals surface area contributed by atoms with Crippen LogP contribution in [0.3, 0.4) is 0 Å². The summed E-state index contributed by atoms with van der Waals surface area (Å²) in [7, 11) is 0. The Labute approximate surface area is 131 Å². The minimum absolute atomic E-state index is 0.349. The average molecular weight is 306 g/mol. The Kier molecular flexibility index (Phi) is 5.08. The summed E-state index contributed by atoms with van der Waals surface area (Å²) in [5.41, 5.74) is 0. The molecule has 0 bridgehead atoms. The lowest BCUT2D eigenvalue weighted by Crippen LogP contribution is -2.36. The van der Waals surface area contributed by atoms with Gasteiger partial charge in [0.1, 0.15) is 0 Å². The number of likely N-dealkylation sites (tertiary alicyclic amines) is 2. The van der Waals surface area contributed by atoms with Crippen molar-refractivity contribution < 1.29 is 9.32 Å². The second-order valence-electron chi connectivity index (χ2n) is 6.61. The van der Waals surface area contributed by atoms with Gasteiger partial charge in [-0.25, -0.2) is 0 Å². The van der Waals surface area contributed by atoms with Crippen molar-refractivity contribution in [3.05, 3.63) is 11.7 Å². The molecular weight excluding hydrogens is 280 g/mol. The second-order valence-corrected chi connectivity index (χ2v) is 6.61. The Morgan fingerprint density at radius 3 is 2.82 bits per heavy atom. The molecule has 1 aromatic rings. The first-order chi connectivity index (χ1) is 10.7. The predicted octanol–water partition coefficient (Wildman–Crippen LogP) is 1.99. The number of piperidine rings is 1.